The summed E-state index contributed by atoms with van der Waals surface area (Å²) in [5, 5.41) is 3.72. The van der Waals surface area contributed by atoms with Crippen molar-refractivity contribution in [1.82, 2.24) is 9.78 Å². The van der Waals surface area contributed by atoms with Crippen molar-refractivity contribution in [3.8, 4) is 5.69 Å². The molecule has 0 bridgehead atoms. The maximum Gasteiger partial charge on any atom is 0.341 e. The molecule has 2 aromatic rings. The zero-order chi connectivity index (χ0) is 14.2. The van der Waals surface area contributed by atoms with Crippen molar-refractivity contribution in [2.75, 3.05) is 7.11 Å². The Kier molecular flexibility index (Phi) is 3.28. The molecule has 2 rings (SSSR count). The number of esters is 1. The van der Waals surface area contributed by atoms with E-state index in [-0.39, 0.29) is 11.3 Å². The molecule has 0 aliphatic rings. The molecule has 0 saturated carbocycles. The molecule has 0 amide bonds. The minimum Gasteiger partial charge on any atom is -0.465 e. The molecule has 1 heterocycles. The predicted molar refractivity (Wildman–Crippen MR) is 59.5 cm³/mol. The first-order valence-electron chi connectivity index (χ1n) is 5.23. The van der Waals surface area contributed by atoms with Crippen LogP contribution < -0.4 is 0 Å². The second-order valence-corrected chi connectivity index (χ2v) is 3.77. The molecule has 0 radical (unpaired) electrons. The van der Waals surface area contributed by atoms with Gasteiger partial charge in [-0.05, 0) is 6.92 Å². The lowest BCUT2D eigenvalue weighted by atomic mass is 10.2. The van der Waals surface area contributed by atoms with Crippen LogP contribution in [-0.2, 0) is 4.74 Å². The van der Waals surface area contributed by atoms with E-state index in [1.54, 1.807) is 0 Å². The summed E-state index contributed by atoms with van der Waals surface area (Å²) in [6.45, 7) is 1.45. The Morgan fingerprint density at radius 3 is 2.37 bits per heavy atom. The fourth-order valence-corrected chi connectivity index (χ4v) is 1.68. The number of methoxy groups -OCH3 is 1. The number of nitrogens with zero attached hydrogens (tertiary/aromatic N) is 2. The second-order valence-electron chi connectivity index (χ2n) is 3.77. The third-order valence-corrected chi connectivity index (χ3v) is 2.61. The fraction of sp³-hybridized carbons (Fsp3) is 0.167. The summed E-state index contributed by atoms with van der Waals surface area (Å²) in [7, 11) is 1.18. The molecular formula is C12H9F3N2O2. The molecule has 0 aliphatic carbocycles. The predicted octanol–water partition coefficient (Wildman–Crippen LogP) is 2.38. The number of rotatable bonds is 2. The van der Waals surface area contributed by atoms with Gasteiger partial charge in [-0.15, -0.1) is 0 Å². The molecule has 7 heteroatoms. The van der Waals surface area contributed by atoms with Crippen LogP contribution in [0.4, 0.5) is 13.2 Å². The zero-order valence-electron chi connectivity index (χ0n) is 10.1. The molecule has 0 aliphatic heterocycles. The molecule has 4 nitrogen and oxygen atoms in total. The lowest BCUT2D eigenvalue weighted by Crippen LogP contribution is -2.08. The topological polar surface area (TPSA) is 44.1 Å². The number of aromatic nitrogens is 2. The minimum absolute atomic E-state index is 0.0747. The Balaban J connectivity index is 2.61. The van der Waals surface area contributed by atoms with Crippen molar-refractivity contribution in [1.29, 1.82) is 0 Å². The van der Waals surface area contributed by atoms with Crippen molar-refractivity contribution in [3.05, 3.63) is 47.0 Å². The number of carbonyl (C=O) groups is 1. The Morgan fingerprint density at radius 2 is 1.84 bits per heavy atom. The molecule has 0 unspecified atom stereocenters. The molecule has 0 spiro atoms. The number of halogens is 3. The summed E-state index contributed by atoms with van der Waals surface area (Å²) < 4.78 is 45.4. The molecule has 19 heavy (non-hydrogen) atoms. The molecule has 1 aromatic carbocycles. The highest BCUT2D eigenvalue weighted by molar-refractivity contribution is 5.90. The number of hydrogen-bond acceptors (Lipinski definition) is 3. The first-order chi connectivity index (χ1) is 8.95. The van der Waals surface area contributed by atoms with E-state index < -0.39 is 29.1 Å². The van der Waals surface area contributed by atoms with Crippen LogP contribution in [0.25, 0.3) is 5.69 Å². The monoisotopic (exact) mass is 270 g/mol. The average molecular weight is 270 g/mol. The fourth-order valence-electron chi connectivity index (χ4n) is 1.68. The largest absolute Gasteiger partial charge is 0.465 e. The molecule has 0 fully saturated rings. The van der Waals surface area contributed by atoms with Crippen LogP contribution in [0.3, 0.4) is 0 Å². The van der Waals surface area contributed by atoms with Crippen LogP contribution in [0.15, 0.2) is 18.3 Å². The van der Waals surface area contributed by atoms with E-state index in [0.717, 1.165) is 10.9 Å². The average Bonchev–Trinajstić information content (AvgIpc) is 2.69. The van der Waals surface area contributed by atoms with Crippen molar-refractivity contribution in [2.45, 2.75) is 6.92 Å². The molecule has 1 aromatic heterocycles. The van der Waals surface area contributed by atoms with Gasteiger partial charge in [0.05, 0.1) is 19.0 Å². The highest BCUT2D eigenvalue weighted by Gasteiger charge is 2.20. The van der Waals surface area contributed by atoms with Crippen LogP contribution in [0.2, 0.25) is 0 Å². The Bertz CT molecular complexity index is 629. The minimum atomic E-state index is -1.11. The van der Waals surface area contributed by atoms with E-state index in [0.29, 0.717) is 12.1 Å². The van der Waals surface area contributed by atoms with Gasteiger partial charge in [0.1, 0.15) is 17.1 Å². The van der Waals surface area contributed by atoms with E-state index in [1.165, 1.54) is 14.0 Å². The Hall–Kier alpha value is -2.31. The number of hydrogen-bond donors (Lipinski definition) is 0. The summed E-state index contributed by atoms with van der Waals surface area (Å²) in [4.78, 5) is 11.4. The molecular weight excluding hydrogens is 261 g/mol. The van der Waals surface area contributed by atoms with Gasteiger partial charge in [-0.1, -0.05) is 0 Å². The van der Waals surface area contributed by atoms with Crippen LogP contribution >= 0.6 is 0 Å². The maximum atomic E-state index is 13.6. The van der Waals surface area contributed by atoms with E-state index >= 15 is 0 Å². The van der Waals surface area contributed by atoms with Crippen molar-refractivity contribution >= 4 is 5.97 Å². The highest BCUT2D eigenvalue weighted by atomic mass is 19.1. The first-order valence-corrected chi connectivity index (χ1v) is 5.23. The summed E-state index contributed by atoms with van der Waals surface area (Å²) in [6, 6.07) is 1.08. The Labute approximate surface area is 106 Å². The molecule has 0 N–H and O–H groups in total. The van der Waals surface area contributed by atoms with Crippen LogP contribution in [0.1, 0.15) is 16.1 Å². The maximum absolute atomic E-state index is 13.6. The van der Waals surface area contributed by atoms with Gasteiger partial charge in [-0.2, -0.15) is 5.10 Å². The smallest absolute Gasteiger partial charge is 0.341 e. The van der Waals surface area contributed by atoms with Crippen LogP contribution in [0, 0.1) is 24.4 Å². The first kappa shape index (κ1) is 13.1. The lowest BCUT2D eigenvalue weighted by Gasteiger charge is -2.08. The number of carbonyl (C=O) groups excluding carboxylic acids is 1. The van der Waals surface area contributed by atoms with Gasteiger partial charge in [0.2, 0.25) is 0 Å². The summed E-state index contributed by atoms with van der Waals surface area (Å²) in [6.07, 6.45) is 1.13. The molecule has 0 saturated heterocycles. The van der Waals surface area contributed by atoms with Gasteiger partial charge in [-0.25, -0.2) is 22.6 Å². The quantitative estimate of drug-likeness (QED) is 0.787. The standard InChI is InChI=1S/C12H9F3N2O2/c1-6-8(12(18)19-2)5-16-17(6)11-9(14)3-7(13)4-10(11)15/h3-5H,1-2H3. The van der Waals surface area contributed by atoms with Crippen LogP contribution in [-0.4, -0.2) is 22.9 Å². The van der Waals surface area contributed by atoms with Gasteiger partial charge in [-0.3, -0.25) is 0 Å². The summed E-state index contributed by atoms with van der Waals surface area (Å²) in [5.74, 6) is -3.93. The lowest BCUT2D eigenvalue weighted by molar-refractivity contribution is 0.0600. The van der Waals surface area contributed by atoms with Gasteiger partial charge in [0.25, 0.3) is 0 Å². The van der Waals surface area contributed by atoms with Gasteiger partial charge in [0.15, 0.2) is 11.6 Å². The van der Waals surface area contributed by atoms with E-state index in [4.69, 9.17) is 0 Å². The van der Waals surface area contributed by atoms with E-state index in [1.807, 2.05) is 0 Å². The third kappa shape index (κ3) is 2.18. The van der Waals surface area contributed by atoms with Gasteiger partial charge < -0.3 is 4.74 Å². The third-order valence-electron chi connectivity index (χ3n) is 2.61. The SMILES string of the molecule is COC(=O)c1cnn(-c2c(F)cc(F)cc2F)c1C. The Morgan fingerprint density at radius 1 is 1.26 bits per heavy atom. The van der Waals surface area contributed by atoms with Crippen molar-refractivity contribution in [3.63, 3.8) is 0 Å². The molecule has 100 valence electrons. The normalized spacial score (nSPS) is 10.6. The number of benzene rings is 1. The highest BCUT2D eigenvalue weighted by Crippen LogP contribution is 2.22. The van der Waals surface area contributed by atoms with E-state index in [2.05, 4.69) is 9.84 Å². The van der Waals surface area contributed by atoms with Gasteiger partial charge >= 0.3 is 5.97 Å². The van der Waals surface area contributed by atoms with Crippen LogP contribution in [0.5, 0.6) is 0 Å². The molecule has 0 atom stereocenters. The second kappa shape index (κ2) is 4.75. The van der Waals surface area contributed by atoms with E-state index in [9.17, 15) is 18.0 Å². The number of ether oxygens (including phenoxy) is 1. The summed E-state index contributed by atoms with van der Waals surface area (Å²) >= 11 is 0. The van der Waals surface area contributed by atoms with Crippen molar-refractivity contribution in [2.24, 2.45) is 0 Å². The van der Waals surface area contributed by atoms with Crippen molar-refractivity contribution < 1.29 is 22.7 Å². The zero-order valence-corrected chi connectivity index (χ0v) is 10.1. The summed E-state index contributed by atoms with van der Waals surface area (Å²) in [5.41, 5.74) is -0.282. The van der Waals surface area contributed by atoms with Gasteiger partial charge in [0, 0.05) is 12.1 Å².